The number of sulfonamides is 1. The quantitative estimate of drug-likeness (QED) is 0.713. The molecule has 0 unspecified atom stereocenters. The van der Waals surface area contributed by atoms with E-state index in [0.29, 0.717) is 41.9 Å². The van der Waals surface area contributed by atoms with E-state index in [0.717, 1.165) is 21.6 Å². The highest BCUT2D eigenvalue weighted by molar-refractivity contribution is 7.93. The number of fused-ring (bicyclic) bond motifs is 1. The Morgan fingerprint density at radius 2 is 2.00 bits per heavy atom. The Labute approximate surface area is 161 Å². The number of ether oxygens (including phenoxy) is 1. The van der Waals surface area contributed by atoms with Crippen molar-refractivity contribution in [3.63, 3.8) is 0 Å². The standard InChI is InChI=1S/C18H19N3O4S2/c1-10-4-5-13(8-11(10)2)27(22,23)21-18-16(17-19-12(3)20-25-17)14-6-7-24-9-15(14)26-18/h4-5,8,21H,6-7,9H2,1-3H3. The molecule has 0 aliphatic carbocycles. The summed E-state index contributed by atoms with van der Waals surface area (Å²) in [6, 6.07) is 5.09. The number of nitrogens with zero attached hydrogens (tertiary/aromatic N) is 2. The molecule has 1 aromatic carbocycles. The van der Waals surface area contributed by atoms with Crippen LogP contribution in [0.1, 0.15) is 27.4 Å². The highest BCUT2D eigenvalue weighted by Gasteiger charge is 2.28. The second-order valence-corrected chi connectivity index (χ2v) is 9.30. The van der Waals surface area contributed by atoms with E-state index in [1.165, 1.54) is 11.3 Å². The molecule has 0 amide bonds. The van der Waals surface area contributed by atoms with Gasteiger partial charge in [-0.3, -0.25) is 4.72 Å². The molecule has 0 saturated heterocycles. The number of hydrogen-bond acceptors (Lipinski definition) is 7. The zero-order valence-corrected chi connectivity index (χ0v) is 16.8. The van der Waals surface area contributed by atoms with E-state index in [2.05, 4.69) is 14.9 Å². The van der Waals surface area contributed by atoms with Crippen molar-refractivity contribution < 1.29 is 17.7 Å². The third-order valence-corrected chi connectivity index (χ3v) is 7.17. The largest absolute Gasteiger partial charge is 0.376 e. The third kappa shape index (κ3) is 3.38. The number of hydrogen-bond donors (Lipinski definition) is 1. The average Bonchev–Trinajstić information content (AvgIpc) is 3.19. The minimum absolute atomic E-state index is 0.223. The van der Waals surface area contributed by atoms with E-state index in [4.69, 9.17) is 9.26 Å². The molecule has 0 bridgehead atoms. The molecule has 3 aromatic rings. The van der Waals surface area contributed by atoms with Crippen molar-refractivity contribution in [1.29, 1.82) is 0 Å². The first-order valence-electron chi connectivity index (χ1n) is 8.48. The Morgan fingerprint density at radius 1 is 1.19 bits per heavy atom. The second kappa shape index (κ2) is 6.74. The molecule has 1 aliphatic rings. The first-order valence-corrected chi connectivity index (χ1v) is 10.8. The van der Waals surface area contributed by atoms with Crippen LogP contribution in [0.25, 0.3) is 11.5 Å². The number of rotatable bonds is 4. The Kier molecular flexibility index (Phi) is 4.53. The van der Waals surface area contributed by atoms with E-state index in [9.17, 15) is 8.42 Å². The number of benzene rings is 1. The Morgan fingerprint density at radius 3 is 2.70 bits per heavy atom. The van der Waals surface area contributed by atoms with Crippen molar-refractivity contribution in [1.82, 2.24) is 10.1 Å². The Balaban J connectivity index is 1.79. The maximum atomic E-state index is 13.0. The summed E-state index contributed by atoms with van der Waals surface area (Å²) in [4.78, 5) is 5.50. The number of anilines is 1. The lowest BCUT2D eigenvalue weighted by Gasteiger charge is -2.12. The van der Waals surface area contributed by atoms with Crippen molar-refractivity contribution >= 4 is 26.4 Å². The van der Waals surface area contributed by atoms with Crippen LogP contribution in [-0.4, -0.2) is 25.2 Å². The van der Waals surface area contributed by atoms with Crippen LogP contribution in [0, 0.1) is 20.8 Å². The first-order chi connectivity index (χ1) is 12.8. The molecule has 4 rings (SSSR count). The smallest absolute Gasteiger partial charge is 0.262 e. The summed E-state index contributed by atoms with van der Waals surface area (Å²) in [7, 11) is -3.75. The molecule has 9 heteroatoms. The van der Waals surface area contributed by atoms with Gasteiger partial charge in [-0.25, -0.2) is 8.42 Å². The van der Waals surface area contributed by atoms with Crippen LogP contribution in [0.15, 0.2) is 27.6 Å². The van der Waals surface area contributed by atoms with Crippen molar-refractivity contribution in [3.8, 4) is 11.5 Å². The van der Waals surface area contributed by atoms with E-state index < -0.39 is 10.0 Å². The molecule has 1 N–H and O–H groups in total. The normalized spacial score (nSPS) is 14.2. The lowest BCUT2D eigenvalue weighted by atomic mass is 10.1. The maximum Gasteiger partial charge on any atom is 0.262 e. The van der Waals surface area contributed by atoms with Crippen molar-refractivity contribution in [2.24, 2.45) is 0 Å². The molecule has 0 atom stereocenters. The molecule has 1 aliphatic heterocycles. The van der Waals surface area contributed by atoms with E-state index in [1.54, 1.807) is 25.1 Å². The van der Waals surface area contributed by atoms with Crippen LogP contribution >= 0.6 is 11.3 Å². The topological polar surface area (TPSA) is 94.3 Å². The van der Waals surface area contributed by atoms with E-state index >= 15 is 0 Å². The van der Waals surface area contributed by atoms with Crippen molar-refractivity contribution in [2.75, 3.05) is 11.3 Å². The van der Waals surface area contributed by atoms with Gasteiger partial charge in [0.25, 0.3) is 15.9 Å². The summed E-state index contributed by atoms with van der Waals surface area (Å²) in [5.41, 5.74) is 3.63. The molecule has 142 valence electrons. The summed E-state index contributed by atoms with van der Waals surface area (Å²) < 4.78 is 39.5. The third-order valence-electron chi connectivity index (χ3n) is 4.58. The van der Waals surface area contributed by atoms with Crippen LogP contribution < -0.4 is 4.72 Å². The number of thiophene rings is 1. The predicted octanol–water partition coefficient (Wildman–Crippen LogP) is 3.60. The van der Waals surface area contributed by atoms with Gasteiger partial charge < -0.3 is 9.26 Å². The van der Waals surface area contributed by atoms with Gasteiger partial charge in [0.2, 0.25) is 0 Å². The first kappa shape index (κ1) is 18.1. The Hall–Kier alpha value is -2.23. The van der Waals surface area contributed by atoms with Crippen molar-refractivity contribution in [2.45, 2.75) is 38.7 Å². The predicted molar refractivity (Wildman–Crippen MR) is 102 cm³/mol. The summed E-state index contributed by atoms with van der Waals surface area (Å²) in [5, 5.41) is 4.33. The van der Waals surface area contributed by atoms with Gasteiger partial charge in [0.15, 0.2) is 5.82 Å². The molecule has 2 aromatic heterocycles. The molecule has 0 spiro atoms. The molecule has 0 radical (unpaired) electrons. The zero-order chi connectivity index (χ0) is 19.2. The fourth-order valence-electron chi connectivity index (χ4n) is 2.99. The van der Waals surface area contributed by atoms with Gasteiger partial charge in [0, 0.05) is 4.88 Å². The second-order valence-electron chi connectivity index (χ2n) is 6.51. The van der Waals surface area contributed by atoms with Gasteiger partial charge in [0.1, 0.15) is 5.00 Å². The fourth-order valence-corrected chi connectivity index (χ4v) is 5.56. The van der Waals surface area contributed by atoms with Crippen LogP contribution in [0.2, 0.25) is 0 Å². The van der Waals surface area contributed by atoms with Crippen LogP contribution in [0.4, 0.5) is 5.00 Å². The number of aryl methyl sites for hydroxylation is 3. The minimum Gasteiger partial charge on any atom is -0.376 e. The summed E-state index contributed by atoms with van der Waals surface area (Å²) >= 11 is 1.35. The van der Waals surface area contributed by atoms with E-state index in [-0.39, 0.29) is 4.90 Å². The van der Waals surface area contributed by atoms with E-state index in [1.807, 2.05) is 13.8 Å². The summed E-state index contributed by atoms with van der Waals surface area (Å²) in [6.45, 7) is 6.59. The maximum absolute atomic E-state index is 13.0. The van der Waals surface area contributed by atoms with Crippen molar-refractivity contribution in [3.05, 3.63) is 45.6 Å². The van der Waals surface area contributed by atoms with Gasteiger partial charge in [-0.1, -0.05) is 11.2 Å². The summed E-state index contributed by atoms with van der Waals surface area (Å²) in [6.07, 6.45) is 0.675. The SMILES string of the molecule is Cc1noc(-c2c(NS(=O)(=O)c3ccc(C)c(C)c3)sc3c2CCOC3)n1. The average molecular weight is 406 g/mol. The molecular formula is C18H19N3O4S2. The Bertz CT molecular complexity index is 1120. The molecule has 3 heterocycles. The lowest BCUT2D eigenvalue weighted by Crippen LogP contribution is -2.13. The molecule has 0 fully saturated rings. The van der Waals surface area contributed by atoms with Gasteiger partial charge in [-0.15, -0.1) is 11.3 Å². The van der Waals surface area contributed by atoms with Gasteiger partial charge in [-0.2, -0.15) is 4.98 Å². The van der Waals surface area contributed by atoms with Crippen LogP contribution in [0.5, 0.6) is 0 Å². The molecule has 27 heavy (non-hydrogen) atoms. The van der Waals surface area contributed by atoms with Gasteiger partial charge >= 0.3 is 0 Å². The fraction of sp³-hybridized carbons (Fsp3) is 0.333. The number of aromatic nitrogens is 2. The van der Waals surface area contributed by atoms with Crippen LogP contribution in [-0.2, 0) is 27.8 Å². The molecule has 7 nitrogen and oxygen atoms in total. The zero-order valence-electron chi connectivity index (χ0n) is 15.2. The molecular weight excluding hydrogens is 386 g/mol. The summed E-state index contributed by atoms with van der Waals surface area (Å²) in [5.74, 6) is 0.824. The highest BCUT2D eigenvalue weighted by atomic mass is 32.2. The van der Waals surface area contributed by atoms with Crippen LogP contribution in [0.3, 0.4) is 0 Å². The van der Waals surface area contributed by atoms with Gasteiger partial charge in [-0.05, 0) is 56.0 Å². The number of nitrogens with one attached hydrogen (secondary N) is 1. The van der Waals surface area contributed by atoms with Gasteiger partial charge in [0.05, 0.1) is 23.7 Å². The highest BCUT2D eigenvalue weighted by Crippen LogP contribution is 2.43. The molecule has 0 saturated carbocycles. The monoisotopic (exact) mass is 405 g/mol. The minimum atomic E-state index is -3.75. The lowest BCUT2D eigenvalue weighted by molar-refractivity contribution is 0.113.